The molecule has 1 N–H and O–H groups in total. The summed E-state index contributed by atoms with van der Waals surface area (Å²) in [5.41, 5.74) is 1.76. The van der Waals surface area contributed by atoms with E-state index in [1.807, 2.05) is 18.2 Å². The van der Waals surface area contributed by atoms with E-state index in [9.17, 15) is 9.59 Å². The Balaban J connectivity index is 1.74. The summed E-state index contributed by atoms with van der Waals surface area (Å²) in [7, 11) is 1.63. The summed E-state index contributed by atoms with van der Waals surface area (Å²) in [5, 5.41) is 2.72. The summed E-state index contributed by atoms with van der Waals surface area (Å²) in [6.07, 6.45) is 3.21. The van der Waals surface area contributed by atoms with Crippen LogP contribution < -0.4 is 5.32 Å². The SMILES string of the molecule is CNC(=O)C1CN(C(=O)c2ccncc2)CCN1Cc1ccccc1. The highest BCUT2D eigenvalue weighted by Gasteiger charge is 2.34. The van der Waals surface area contributed by atoms with Gasteiger partial charge in [0.25, 0.3) is 5.91 Å². The van der Waals surface area contributed by atoms with Gasteiger partial charge in [-0.25, -0.2) is 0 Å². The van der Waals surface area contributed by atoms with Gasteiger partial charge in [0.05, 0.1) is 0 Å². The fourth-order valence-electron chi connectivity index (χ4n) is 3.10. The third-order valence-corrected chi connectivity index (χ3v) is 4.48. The van der Waals surface area contributed by atoms with Crippen molar-refractivity contribution in [2.75, 3.05) is 26.7 Å². The lowest BCUT2D eigenvalue weighted by Gasteiger charge is -2.40. The smallest absolute Gasteiger partial charge is 0.254 e. The van der Waals surface area contributed by atoms with Gasteiger partial charge in [0.1, 0.15) is 6.04 Å². The number of piperazine rings is 1. The van der Waals surface area contributed by atoms with Gasteiger partial charge in [0.2, 0.25) is 5.91 Å². The summed E-state index contributed by atoms with van der Waals surface area (Å²) >= 11 is 0. The fourth-order valence-corrected chi connectivity index (χ4v) is 3.10. The molecule has 1 aliphatic heterocycles. The Kier molecular flexibility index (Phi) is 5.40. The second-order valence-corrected chi connectivity index (χ2v) is 6.07. The Morgan fingerprint density at radius 1 is 1.12 bits per heavy atom. The molecular weight excluding hydrogens is 316 g/mol. The molecule has 1 aromatic heterocycles. The van der Waals surface area contributed by atoms with Gasteiger partial charge in [-0.1, -0.05) is 30.3 Å². The molecule has 0 aliphatic carbocycles. The molecule has 6 nitrogen and oxygen atoms in total. The van der Waals surface area contributed by atoms with Crippen molar-refractivity contribution in [1.82, 2.24) is 20.1 Å². The van der Waals surface area contributed by atoms with Crippen molar-refractivity contribution in [3.05, 3.63) is 66.0 Å². The molecule has 2 amide bonds. The van der Waals surface area contributed by atoms with Crippen LogP contribution in [0.2, 0.25) is 0 Å². The van der Waals surface area contributed by atoms with Crippen molar-refractivity contribution in [1.29, 1.82) is 0 Å². The Morgan fingerprint density at radius 3 is 2.52 bits per heavy atom. The minimum Gasteiger partial charge on any atom is -0.358 e. The third-order valence-electron chi connectivity index (χ3n) is 4.48. The number of benzene rings is 1. The molecule has 1 aromatic carbocycles. The Morgan fingerprint density at radius 2 is 1.84 bits per heavy atom. The second kappa shape index (κ2) is 7.90. The van der Waals surface area contributed by atoms with Crippen molar-refractivity contribution < 1.29 is 9.59 Å². The van der Waals surface area contributed by atoms with E-state index < -0.39 is 0 Å². The predicted molar refractivity (Wildman–Crippen MR) is 94.8 cm³/mol. The molecule has 6 heteroatoms. The van der Waals surface area contributed by atoms with Crippen LogP contribution in [0, 0.1) is 0 Å². The van der Waals surface area contributed by atoms with Crippen LogP contribution in [0.15, 0.2) is 54.9 Å². The second-order valence-electron chi connectivity index (χ2n) is 6.07. The molecule has 25 heavy (non-hydrogen) atoms. The molecule has 3 rings (SSSR count). The highest BCUT2D eigenvalue weighted by molar-refractivity contribution is 5.94. The largest absolute Gasteiger partial charge is 0.358 e. The summed E-state index contributed by atoms with van der Waals surface area (Å²) in [6.45, 7) is 2.33. The van der Waals surface area contributed by atoms with Crippen LogP contribution in [0.25, 0.3) is 0 Å². The normalized spacial score (nSPS) is 18.0. The van der Waals surface area contributed by atoms with Gasteiger partial charge in [-0.3, -0.25) is 19.5 Å². The maximum absolute atomic E-state index is 12.7. The van der Waals surface area contributed by atoms with E-state index in [0.717, 1.165) is 5.56 Å². The Hall–Kier alpha value is -2.73. The number of nitrogens with one attached hydrogen (secondary N) is 1. The molecule has 1 unspecified atom stereocenters. The molecular formula is C19H22N4O2. The molecule has 1 fully saturated rings. The zero-order chi connectivity index (χ0) is 17.6. The quantitative estimate of drug-likeness (QED) is 0.908. The first-order valence-electron chi connectivity index (χ1n) is 8.38. The van der Waals surface area contributed by atoms with Gasteiger partial charge in [-0.05, 0) is 17.7 Å². The number of rotatable bonds is 4. The van der Waals surface area contributed by atoms with Crippen molar-refractivity contribution >= 4 is 11.8 Å². The zero-order valence-electron chi connectivity index (χ0n) is 14.3. The number of nitrogens with zero attached hydrogens (tertiary/aromatic N) is 3. The van der Waals surface area contributed by atoms with Gasteiger partial charge < -0.3 is 10.2 Å². The van der Waals surface area contributed by atoms with Crippen LogP contribution in [0.4, 0.5) is 0 Å². The van der Waals surface area contributed by atoms with Crippen molar-refractivity contribution in [3.8, 4) is 0 Å². The van der Waals surface area contributed by atoms with E-state index in [4.69, 9.17) is 0 Å². The number of likely N-dealkylation sites (N-methyl/N-ethyl adjacent to an activating group) is 1. The minimum atomic E-state index is -0.357. The summed E-state index contributed by atoms with van der Waals surface area (Å²) in [5.74, 6) is -0.126. The summed E-state index contributed by atoms with van der Waals surface area (Å²) in [6, 6.07) is 13.1. The number of pyridine rings is 1. The van der Waals surface area contributed by atoms with E-state index in [0.29, 0.717) is 31.7 Å². The highest BCUT2D eigenvalue weighted by atomic mass is 16.2. The number of aromatic nitrogens is 1. The molecule has 1 atom stereocenters. The Bertz CT molecular complexity index is 721. The van der Waals surface area contributed by atoms with E-state index >= 15 is 0 Å². The molecule has 2 heterocycles. The van der Waals surface area contributed by atoms with Crippen LogP contribution in [0.1, 0.15) is 15.9 Å². The highest BCUT2D eigenvalue weighted by Crippen LogP contribution is 2.16. The molecule has 1 aliphatic rings. The van der Waals surface area contributed by atoms with Gasteiger partial charge in [0.15, 0.2) is 0 Å². The molecule has 2 aromatic rings. The van der Waals surface area contributed by atoms with E-state index in [2.05, 4.69) is 27.3 Å². The standard InChI is InChI=1S/C19H22N4O2/c1-20-18(24)17-14-23(19(25)16-7-9-21-10-8-16)12-11-22(17)13-15-5-3-2-4-6-15/h2-10,17H,11-14H2,1H3,(H,20,24). The van der Waals surface area contributed by atoms with Crippen LogP contribution in [0.5, 0.6) is 0 Å². The first-order valence-corrected chi connectivity index (χ1v) is 8.38. The predicted octanol–water partition coefficient (Wildman–Crippen LogP) is 1.15. The van der Waals surface area contributed by atoms with Gasteiger partial charge >= 0.3 is 0 Å². The van der Waals surface area contributed by atoms with Gasteiger partial charge in [-0.2, -0.15) is 0 Å². The van der Waals surface area contributed by atoms with Crippen molar-refractivity contribution in [2.24, 2.45) is 0 Å². The molecule has 130 valence electrons. The monoisotopic (exact) mass is 338 g/mol. The molecule has 0 spiro atoms. The maximum atomic E-state index is 12.7. The molecule has 0 radical (unpaired) electrons. The topological polar surface area (TPSA) is 65.5 Å². The van der Waals surface area contributed by atoms with E-state index in [-0.39, 0.29) is 17.9 Å². The number of amides is 2. The van der Waals surface area contributed by atoms with Crippen LogP contribution in [0.3, 0.4) is 0 Å². The Labute approximate surface area is 147 Å². The first kappa shape index (κ1) is 17.1. The minimum absolute atomic E-state index is 0.0596. The molecule has 0 saturated carbocycles. The average Bonchev–Trinajstić information content (AvgIpc) is 2.68. The fraction of sp³-hybridized carbons (Fsp3) is 0.316. The average molecular weight is 338 g/mol. The van der Waals surface area contributed by atoms with E-state index in [1.165, 1.54) is 0 Å². The number of carbonyl (C=O) groups is 2. The van der Waals surface area contributed by atoms with Crippen molar-refractivity contribution in [2.45, 2.75) is 12.6 Å². The van der Waals surface area contributed by atoms with Gasteiger partial charge in [0, 0.05) is 51.2 Å². The molecule has 0 bridgehead atoms. The lowest BCUT2D eigenvalue weighted by atomic mass is 10.1. The van der Waals surface area contributed by atoms with Crippen LogP contribution >= 0.6 is 0 Å². The number of carbonyl (C=O) groups excluding carboxylic acids is 2. The third kappa shape index (κ3) is 4.03. The van der Waals surface area contributed by atoms with Crippen LogP contribution in [-0.2, 0) is 11.3 Å². The molecule has 1 saturated heterocycles. The lowest BCUT2D eigenvalue weighted by molar-refractivity contribution is -0.128. The lowest BCUT2D eigenvalue weighted by Crippen LogP contribution is -2.59. The maximum Gasteiger partial charge on any atom is 0.254 e. The van der Waals surface area contributed by atoms with Crippen LogP contribution in [-0.4, -0.2) is 59.3 Å². The van der Waals surface area contributed by atoms with Crippen molar-refractivity contribution in [3.63, 3.8) is 0 Å². The number of hydrogen-bond acceptors (Lipinski definition) is 4. The number of hydrogen-bond donors (Lipinski definition) is 1. The van der Waals surface area contributed by atoms with E-state index in [1.54, 1.807) is 36.5 Å². The summed E-state index contributed by atoms with van der Waals surface area (Å²) in [4.78, 5) is 32.9. The first-order chi connectivity index (χ1) is 12.2. The van der Waals surface area contributed by atoms with Gasteiger partial charge in [-0.15, -0.1) is 0 Å². The zero-order valence-corrected chi connectivity index (χ0v) is 14.3. The summed E-state index contributed by atoms with van der Waals surface area (Å²) < 4.78 is 0.